The van der Waals surface area contributed by atoms with Crippen molar-refractivity contribution in [1.82, 2.24) is 4.90 Å². The summed E-state index contributed by atoms with van der Waals surface area (Å²) in [7, 11) is -3.03. The molecule has 0 spiro atoms. The largest absolute Gasteiger partial charge is 0.332 e. The van der Waals surface area contributed by atoms with Crippen molar-refractivity contribution >= 4 is 37.5 Å². The molecule has 0 saturated carbocycles. The molecule has 1 aliphatic heterocycles. The van der Waals surface area contributed by atoms with Gasteiger partial charge >= 0.3 is 0 Å². The number of halogens is 1. The third-order valence-electron chi connectivity index (χ3n) is 2.55. The zero-order chi connectivity index (χ0) is 12.3. The predicted molar refractivity (Wildman–Crippen MR) is 63.2 cm³/mol. The molecule has 92 valence electrons. The number of sulfone groups is 1. The van der Waals surface area contributed by atoms with Crippen LogP contribution in [0.1, 0.15) is 13.3 Å². The molecule has 1 saturated heterocycles. The second-order valence-electron chi connectivity index (χ2n) is 3.88. The number of amides is 1. The van der Waals surface area contributed by atoms with Crippen molar-refractivity contribution in [3.8, 4) is 0 Å². The van der Waals surface area contributed by atoms with Crippen molar-refractivity contribution in [1.29, 1.82) is 0 Å². The van der Waals surface area contributed by atoms with Gasteiger partial charge in [0.2, 0.25) is 5.91 Å². The standard InChI is InChI=1S/C9H14BrNO4S/c1-7(12)11(5-9(13)4-10)8-2-3-16(14,15)6-8/h8H,2-6H2,1H3. The van der Waals surface area contributed by atoms with E-state index in [1.165, 1.54) is 11.8 Å². The first-order valence-corrected chi connectivity index (χ1v) is 7.85. The van der Waals surface area contributed by atoms with Crippen LogP contribution in [-0.4, -0.2) is 54.4 Å². The number of nitrogens with zero attached hydrogens (tertiary/aromatic N) is 1. The first kappa shape index (κ1) is 13.6. The molecular weight excluding hydrogens is 298 g/mol. The minimum atomic E-state index is -3.03. The van der Waals surface area contributed by atoms with Gasteiger partial charge in [0, 0.05) is 13.0 Å². The van der Waals surface area contributed by atoms with Crippen molar-refractivity contribution in [2.75, 3.05) is 23.4 Å². The highest BCUT2D eigenvalue weighted by Crippen LogP contribution is 2.17. The van der Waals surface area contributed by atoms with Crippen LogP contribution in [0.4, 0.5) is 0 Å². The van der Waals surface area contributed by atoms with E-state index >= 15 is 0 Å². The molecule has 0 aromatic rings. The Labute approximate surface area is 103 Å². The number of hydrogen-bond acceptors (Lipinski definition) is 4. The van der Waals surface area contributed by atoms with Crippen LogP contribution in [0, 0.1) is 0 Å². The Morgan fingerprint density at radius 1 is 1.44 bits per heavy atom. The molecule has 16 heavy (non-hydrogen) atoms. The average molecular weight is 312 g/mol. The van der Waals surface area contributed by atoms with Gasteiger partial charge in [-0.05, 0) is 6.42 Å². The van der Waals surface area contributed by atoms with Crippen molar-refractivity contribution in [2.45, 2.75) is 19.4 Å². The normalized spacial score (nSPS) is 23.0. The molecule has 1 rings (SSSR count). The van der Waals surface area contributed by atoms with Gasteiger partial charge in [-0.3, -0.25) is 9.59 Å². The summed E-state index contributed by atoms with van der Waals surface area (Å²) in [4.78, 5) is 24.0. The summed E-state index contributed by atoms with van der Waals surface area (Å²) in [6.45, 7) is 1.34. The van der Waals surface area contributed by atoms with Crippen molar-refractivity contribution in [3.63, 3.8) is 0 Å². The first-order valence-electron chi connectivity index (χ1n) is 4.91. The topological polar surface area (TPSA) is 71.5 Å². The second kappa shape index (κ2) is 5.27. The van der Waals surface area contributed by atoms with Crippen LogP contribution in [0.25, 0.3) is 0 Å². The van der Waals surface area contributed by atoms with Crippen LogP contribution in [0.2, 0.25) is 0 Å². The van der Waals surface area contributed by atoms with Gasteiger partial charge in [-0.1, -0.05) is 15.9 Å². The van der Waals surface area contributed by atoms with Crippen molar-refractivity contribution < 1.29 is 18.0 Å². The molecule has 0 aromatic carbocycles. The van der Waals surface area contributed by atoms with Gasteiger partial charge in [-0.15, -0.1) is 0 Å². The molecular formula is C9H14BrNO4S. The molecule has 1 atom stereocenters. The van der Waals surface area contributed by atoms with Gasteiger partial charge in [0.1, 0.15) is 0 Å². The minimum Gasteiger partial charge on any atom is -0.332 e. The van der Waals surface area contributed by atoms with E-state index in [1.54, 1.807) is 0 Å². The maximum atomic E-state index is 11.4. The van der Waals surface area contributed by atoms with Gasteiger partial charge in [-0.25, -0.2) is 8.42 Å². The SMILES string of the molecule is CC(=O)N(CC(=O)CBr)C1CCS(=O)(=O)C1. The summed E-state index contributed by atoms with van der Waals surface area (Å²) in [6, 6.07) is -0.342. The highest BCUT2D eigenvalue weighted by molar-refractivity contribution is 9.09. The van der Waals surface area contributed by atoms with Crippen LogP contribution >= 0.6 is 15.9 Å². The average Bonchev–Trinajstić information content (AvgIpc) is 2.54. The van der Waals surface area contributed by atoms with Crippen molar-refractivity contribution in [3.05, 3.63) is 0 Å². The number of rotatable bonds is 4. The number of hydrogen-bond donors (Lipinski definition) is 0. The molecule has 1 amide bonds. The highest BCUT2D eigenvalue weighted by Gasteiger charge is 2.34. The predicted octanol–water partition coefficient (Wildman–Crippen LogP) is -0.0140. The summed E-state index contributed by atoms with van der Waals surface area (Å²) in [5.41, 5.74) is 0. The summed E-state index contributed by atoms with van der Waals surface area (Å²) in [6.07, 6.45) is 0.428. The van der Waals surface area contributed by atoms with Crippen LogP contribution in [0.5, 0.6) is 0 Å². The van der Waals surface area contributed by atoms with Gasteiger partial charge in [0.25, 0.3) is 0 Å². The summed E-state index contributed by atoms with van der Waals surface area (Å²) < 4.78 is 22.6. The Bertz CT molecular complexity index is 392. The number of alkyl halides is 1. The van der Waals surface area contributed by atoms with Gasteiger partial charge < -0.3 is 4.90 Å². The zero-order valence-corrected chi connectivity index (χ0v) is 11.4. The maximum Gasteiger partial charge on any atom is 0.220 e. The zero-order valence-electron chi connectivity index (χ0n) is 8.98. The Balaban J connectivity index is 2.72. The Kier molecular flexibility index (Phi) is 4.49. The van der Waals surface area contributed by atoms with E-state index in [4.69, 9.17) is 0 Å². The van der Waals surface area contributed by atoms with Gasteiger partial charge in [0.15, 0.2) is 15.6 Å². The number of carbonyl (C=O) groups is 2. The van der Waals surface area contributed by atoms with Crippen LogP contribution in [0.3, 0.4) is 0 Å². The number of ketones is 1. The van der Waals surface area contributed by atoms with Gasteiger partial charge in [-0.2, -0.15) is 0 Å². The summed E-state index contributed by atoms with van der Waals surface area (Å²) >= 11 is 3.02. The molecule has 1 heterocycles. The van der Waals surface area contributed by atoms with E-state index < -0.39 is 9.84 Å². The lowest BCUT2D eigenvalue weighted by Crippen LogP contribution is -2.43. The Morgan fingerprint density at radius 2 is 2.06 bits per heavy atom. The maximum absolute atomic E-state index is 11.4. The first-order chi connectivity index (χ1) is 7.35. The van der Waals surface area contributed by atoms with Crippen LogP contribution < -0.4 is 0 Å². The van der Waals surface area contributed by atoms with Crippen molar-refractivity contribution in [2.24, 2.45) is 0 Å². The van der Waals surface area contributed by atoms with Crippen LogP contribution in [0.15, 0.2) is 0 Å². The molecule has 0 aliphatic carbocycles. The lowest BCUT2D eigenvalue weighted by molar-refractivity contribution is -0.134. The fraction of sp³-hybridized carbons (Fsp3) is 0.778. The Hall–Kier alpha value is -0.430. The smallest absolute Gasteiger partial charge is 0.220 e. The third kappa shape index (κ3) is 3.55. The summed E-state index contributed by atoms with van der Waals surface area (Å²) in [5, 5.41) is 0.177. The molecule has 0 bridgehead atoms. The van der Waals surface area contributed by atoms with E-state index in [-0.39, 0.29) is 41.1 Å². The molecule has 0 aromatic heterocycles. The lowest BCUT2D eigenvalue weighted by atomic mass is 10.2. The second-order valence-corrected chi connectivity index (χ2v) is 6.67. The van der Waals surface area contributed by atoms with E-state index in [0.29, 0.717) is 6.42 Å². The minimum absolute atomic E-state index is 0.0131. The lowest BCUT2D eigenvalue weighted by Gasteiger charge is -2.25. The quantitative estimate of drug-likeness (QED) is 0.684. The van der Waals surface area contributed by atoms with Crippen LogP contribution in [-0.2, 0) is 19.4 Å². The Morgan fingerprint density at radius 3 is 2.44 bits per heavy atom. The molecule has 1 aliphatic rings. The molecule has 5 nitrogen and oxygen atoms in total. The van der Waals surface area contributed by atoms with E-state index in [2.05, 4.69) is 15.9 Å². The fourth-order valence-corrected chi connectivity index (χ4v) is 3.66. The molecule has 7 heteroatoms. The monoisotopic (exact) mass is 311 g/mol. The van der Waals surface area contributed by atoms with E-state index in [1.807, 2.05) is 0 Å². The highest BCUT2D eigenvalue weighted by atomic mass is 79.9. The third-order valence-corrected chi connectivity index (χ3v) is 4.93. The molecule has 0 radical (unpaired) electrons. The summed E-state index contributed by atoms with van der Waals surface area (Å²) in [5.74, 6) is -0.303. The molecule has 0 N–H and O–H groups in total. The fourth-order valence-electron chi connectivity index (χ4n) is 1.75. The van der Waals surface area contributed by atoms with E-state index in [9.17, 15) is 18.0 Å². The molecule has 1 unspecified atom stereocenters. The number of carbonyl (C=O) groups excluding carboxylic acids is 2. The number of Topliss-reactive ketones (excluding diaryl/α,β-unsaturated/α-hetero) is 1. The van der Waals surface area contributed by atoms with Gasteiger partial charge in [0.05, 0.1) is 23.4 Å². The molecule has 1 fully saturated rings. The van der Waals surface area contributed by atoms with E-state index in [0.717, 1.165) is 0 Å².